The lowest BCUT2D eigenvalue weighted by atomic mass is 10.1. The molecule has 2 unspecified atom stereocenters. The molecule has 1 N–H and O–H groups in total. The Morgan fingerprint density at radius 1 is 0.913 bits per heavy atom. The van der Waals surface area contributed by atoms with Gasteiger partial charge < -0.3 is 5.11 Å². The van der Waals surface area contributed by atoms with Crippen LogP contribution in [0, 0.1) is 0 Å². The normalized spacial score (nSPS) is 23.0. The Morgan fingerprint density at radius 3 is 2.00 bits per heavy atom. The summed E-state index contributed by atoms with van der Waals surface area (Å²) in [6.45, 7) is 7.33. The predicted octanol–water partition coefficient (Wildman–Crippen LogP) is 4.82. The van der Waals surface area contributed by atoms with Crippen molar-refractivity contribution in [3.63, 3.8) is 0 Å². The Bertz CT molecular complexity index is 278. The van der Waals surface area contributed by atoms with Gasteiger partial charge in [0, 0.05) is 13.1 Å². The third kappa shape index (κ3) is 8.20. The highest BCUT2D eigenvalue weighted by Crippen LogP contribution is 2.26. The largest absolute Gasteiger partial charge is 0.395 e. The summed E-state index contributed by atoms with van der Waals surface area (Å²) in [6.07, 6.45) is 15.4. The molecule has 0 aliphatic carbocycles. The van der Waals surface area contributed by atoms with Crippen molar-refractivity contribution in [3.8, 4) is 0 Å². The summed E-state index contributed by atoms with van der Waals surface area (Å²) in [6, 6.07) is 0. The quantitative estimate of drug-likeness (QED) is 0.277. The van der Waals surface area contributed by atoms with Gasteiger partial charge in [0.1, 0.15) is 0 Å². The highest BCUT2D eigenvalue weighted by molar-refractivity contribution is 6.20. The Morgan fingerprint density at radius 2 is 1.48 bits per heavy atom. The van der Waals surface area contributed by atoms with Crippen molar-refractivity contribution < 1.29 is 5.11 Å². The number of likely N-dealkylation sites (N-methyl/N-ethyl adjacent to an activating group) is 1. The average molecular weight is 347 g/mol. The van der Waals surface area contributed by atoms with E-state index >= 15 is 0 Å². The molecule has 23 heavy (non-hydrogen) atoms. The van der Waals surface area contributed by atoms with Crippen molar-refractivity contribution in [3.05, 3.63) is 0 Å². The van der Waals surface area contributed by atoms with E-state index in [0.717, 1.165) is 19.6 Å². The van der Waals surface area contributed by atoms with E-state index in [2.05, 4.69) is 23.6 Å². The van der Waals surface area contributed by atoms with E-state index in [1.165, 1.54) is 70.6 Å². The van der Waals surface area contributed by atoms with E-state index in [1.54, 1.807) is 0 Å². The van der Waals surface area contributed by atoms with Crippen LogP contribution in [0.5, 0.6) is 0 Å². The maximum Gasteiger partial charge on any atom is 0.0991 e. The monoisotopic (exact) mass is 346 g/mol. The highest BCUT2D eigenvalue weighted by atomic mass is 35.5. The molecule has 0 radical (unpaired) electrons. The molecule has 3 nitrogen and oxygen atoms in total. The maximum absolute atomic E-state index is 9.23. The van der Waals surface area contributed by atoms with E-state index in [-0.39, 0.29) is 12.1 Å². The van der Waals surface area contributed by atoms with Gasteiger partial charge in [-0.3, -0.25) is 9.80 Å². The van der Waals surface area contributed by atoms with Crippen molar-refractivity contribution in [2.45, 2.75) is 96.1 Å². The first-order valence-corrected chi connectivity index (χ1v) is 10.4. The molecule has 0 aromatic heterocycles. The topological polar surface area (TPSA) is 26.7 Å². The molecule has 0 bridgehead atoms. The van der Waals surface area contributed by atoms with Crippen LogP contribution in [0.15, 0.2) is 0 Å². The summed E-state index contributed by atoms with van der Waals surface area (Å²) in [5.41, 5.74) is 0.111. The number of unbranched alkanes of at least 4 members (excludes halogenated alkanes) is 9. The molecule has 1 saturated heterocycles. The summed E-state index contributed by atoms with van der Waals surface area (Å²) < 4.78 is 0. The van der Waals surface area contributed by atoms with Gasteiger partial charge in [0.2, 0.25) is 0 Å². The molecular formula is C19H39ClN2O. The van der Waals surface area contributed by atoms with Crippen LogP contribution in [0.2, 0.25) is 0 Å². The van der Waals surface area contributed by atoms with Crippen LogP contribution in [0.3, 0.4) is 0 Å². The number of nitrogens with zero attached hydrogens (tertiary/aromatic N) is 2. The lowest BCUT2D eigenvalue weighted by Crippen LogP contribution is -2.40. The first-order chi connectivity index (χ1) is 11.2. The second-order valence-electron chi connectivity index (χ2n) is 6.93. The standard InChI is InChI=1S/C19H39ClN2O/c1-3-5-6-7-8-9-10-11-12-13-14-19-21(15-16-23)17-18(20)22(19)4-2/h18-19,23H,3-17H2,1-2H3. The van der Waals surface area contributed by atoms with Crippen LogP contribution in [0.4, 0.5) is 0 Å². The van der Waals surface area contributed by atoms with Gasteiger partial charge in [-0.2, -0.15) is 0 Å². The van der Waals surface area contributed by atoms with E-state index in [4.69, 9.17) is 11.6 Å². The first kappa shape index (κ1) is 21.2. The van der Waals surface area contributed by atoms with Crippen molar-refractivity contribution in [2.75, 3.05) is 26.2 Å². The molecule has 0 spiro atoms. The van der Waals surface area contributed by atoms with Gasteiger partial charge in [-0.25, -0.2) is 0 Å². The molecular weight excluding hydrogens is 308 g/mol. The lowest BCUT2D eigenvalue weighted by molar-refractivity contribution is 0.106. The van der Waals surface area contributed by atoms with E-state index in [1.807, 2.05) is 0 Å². The number of halogens is 1. The van der Waals surface area contributed by atoms with E-state index in [0.29, 0.717) is 6.17 Å². The number of hydrogen-bond donors (Lipinski definition) is 1. The second kappa shape index (κ2) is 13.5. The van der Waals surface area contributed by atoms with Gasteiger partial charge in [0.15, 0.2) is 0 Å². The van der Waals surface area contributed by atoms with Crippen molar-refractivity contribution in [1.82, 2.24) is 9.80 Å². The Hall–Kier alpha value is 0.170. The first-order valence-electron chi connectivity index (χ1n) is 9.99. The van der Waals surface area contributed by atoms with Crippen LogP contribution < -0.4 is 0 Å². The van der Waals surface area contributed by atoms with Gasteiger partial charge in [0.25, 0.3) is 0 Å². The van der Waals surface area contributed by atoms with Crippen LogP contribution in [0.25, 0.3) is 0 Å². The zero-order valence-electron chi connectivity index (χ0n) is 15.5. The molecule has 1 aliphatic rings. The van der Waals surface area contributed by atoms with Gasteiger partial charge in [-0.1, -0.05) is 78.1 Å². The zero-order chi connectivity index (χ0) is 16.9. The van der Waals surface area contributed by atoms with Crippen molar-refractivity contribution in [2.24, 2.45) is 0 Å². The molecule has 0 saturated carbocycles. The number of hydrogen-bond acceptors (Lipinski definition) is 3. The fourth-order valence-electron chi connectivity index (χ4n) is 3.76. The SMILES string of the molecule is CCCCCCCCCCCCC1N(CCO)CC(Cl)N1CC. The molecule has 4 heteroatoms. The number of aliphatic hydroxyl groups is 1. The molecule has 2 atom stereocenters. The minimum Gasteiger partial charge on any atom is -0.395 e. The summed E-state index contributed by atoms with van der Waals surface area (Å²) in [7, 11) is 0. The number of alkyl halides is 1. The summed E-state index contributed by atoms with van der Waals surface area (Å²) in [5.74, 6) is 0. The fourth-order valence-corrected chi connectivity index (χ4v) is 4.20. The Kier molecular flexibility index (Phi) is 12.4. The van der Waals surface area contributed by atoms with Crippen LogP contribution >= 0.6 is 11.6 Å². The maximum atomic E-state index is 9.23. The Labute approximate surface area is 149 Å². The molecule has 1 heterocycles. The molecule has 0 amide bonds. The van der Waals surface area contributed by atoms with Gasteiger partial charge in [0.05, 0.1) is 18.3 Å². The van der Waals surface area contributed by atoms with Crippen molar-refractivity contribution >= 4 is 11.6 Å². The zero-order valence-corrected chi connectivity index (χ0v) is 16.2. The minimum absolute atomic E-state index is 0.111. The average Bonchev–Trinajstić information content (AvgIpc) is 2.84. The van der Waals surface area contributed by atoms with Crippen LogP contribution in [-0.4, -0.2) is 52.8 Å². The van der Waals surface area contributed by atoms with E-state index in [9.17, 15) is 5.11 Å². The second-order valence-corrected chi connectivity index (χ2v) is 7.44. The highest BCUT2D eigenvalue weighted by Gasteiger charge is 2.36. The van der Waals surface area contributed by atoms with Crippen LogP contribution in [-0.2, 0) is 0 Å². The van der Waals surface area contributed by atoms with Gasteiger partial charge in [-0.05, 0) is 13.0 Å². The number of β-amino-alcohol motifs (C(OH)–C–C–N with tert-alkyl or cyclic N) is 1. The molecule has 1 fully saturated rings. The molecule has 1 rings (SSSR count). The Balaban J connectivity index is 2.08. The summed E-state index contributed by atoms with van der Waals surface area (Å²) in [5, 5.41) is 9.23. The fraction of sp³-hybridized carbons (Fsp3) is 1.00. The summed E-state index contributed by atoms with van der Waals surface area (Å²) >= 11 is 6.44. The smallest absolute Gasteiger partial charge is 0.0991 e. The van der Waals surface area contributed by atoms with Gasteiger partial charge in [-0.15, -0.1) is 11.6 Å². The predicted molar refractivity (Wildman–Crippen MR) is 101 cm³/mol. The van der Waals surface area contributed by atoms with Crippen molar-refractivity contribution in [1.29, 1.82) is 0 Å². The van der Waals surface area contributed by atoms with Gasteiger partial charge >= 0.3 is 0 Å². The van der Waals surface area contributed by atoms with Crippen LogP contribution in [0.1, 0.15) is 84.5 Å². The third-order valence-corrected chi connectivity index (χ3v) is 5.51. The third-order valence-electron chi connectivity index (χ3n) is 5.12. The molecule has 1 aliphatic heterocycles. The van der Waals surface area contributed by atoms with E-state index < -0.39 is 0 Å². The minimum atomic E-state index is 0.111. The number of rotatable bonds is 14. The molecule has 0 aromatic carbocycles. The lowest BCUT2D eigenvalue weighted by Gasteiger charge is -2.29. The molecule has 138 valence electrons. The molecule has 0 aromatic rings. The summed E-state index contributed by atoms with van der Waals surface area (Å²) in [4.78, 5) is 4.74. The number of aliphatic hydroxyl groups excluding tert-OH is 1.